The Bertz CT molecular complexity index is 77.3. The molecule has 0 aliphatic heterocycles. The van der Waals surface area contributed by atoms with Crippen molar-refractivity contribution in [1.29, 1.82) is 0 Å². The third-order valence-corrected chi connectivity index (χ3v) is 1.10. The second kappa shape index (κ2) is 8.57. The first-order chi connectivity index (χ1) is 2.64. The molecule has 0 spiro atoms. The molecule has 0 heterocycles. The van der Waals surface area contributed by atoms with Crippen LogP contribution in [0.5, 0.6) is 0 Å². The van der Waals surface area contributed by atoms with E-state index < -0.39 is 20.2 Å². The number of thiol groups is 1. The van der Waals surface area contributed by atoms with Gasteiger partial charge in [0.2, 0.25) is 0 Å². The van der Waals surface area contributed by atoms with Gasteiger partial charge in [-0.25, -0.2) is 8.42 Å². The number of rotatable bonds is 1. The molecule has 0 saturated carbocycles. The van der Waals surface area contributed by atoms with Gasteiger partial charge in [0, 0.05) is 0 Å². The Morgan fingerprint density at radius 1 is 1.00 bits per heavy atom. The SMILES string of the molecule is O=S(O)S(=O)O.[Na+].[SH-]. The molecule has 0 amide bonds. The molecule has 0 saturated heterocycles. The molecule has 2 N–H and O–H groups in total. The average Bonchev–Trinajstić information content (AvgIpc) is 1.36. The van der Waals surface area contributed by atoms with Crippen molar-refractivity contribution in [2.45, 2.75) is 0 Å². The van der Waals surface area contributed by atoms with Gasteiger partial charge in [-0.05, 0) is 0 Å². The Labute approximate surface area is 80.1 Å². The largest absolute Gasteiger partial charge is 1.00 e. The van der Waals surface area contributed by atoms with E-state index in [-0.39, 0.29) is 43.1 Å². The average molecular weight is 186 g/mol. The maximum Gasteiger partial charge on any atom is 1.00 e. The van der Waals surface area contributed by atoms with Gasteiger partial charge in [-0.3, -0.25) is 9.11 Å². The summed E-state index contributed by atoms with van der Waals surface area (Å²) in [6.45, 7) is 0. The van der Waals surface area contributed by atoms with Gasteiger partial charge in [0.05, 0.1) is 0 Å². The summed E-state index contributed by atoms with van der Waals surface area (Å²) < 4.78 is 33.6. The molecule has 0 fully saturated rings. The van der Waals surface area contributed by atoms with Crippen LogP contribution in [0.25, 0.3) is 0 Å². The van der Waals surface area contributed by atoms with Gasteiger partial charge in [0.1, 0.15) is 0 Å². The zero-order chi connectivity index (χ0) is 5.15. The first-order valence-electron chi connectivity index (χ1n) is 0.865. The van der Waals surface area contributed by atoms with Gasteiger partial charge in [-0.1, -0.05) is 0 Å². The van der Waals surface area contributed by atoms with Crippen molar-refractivity contribution in [3.05, 3.63) is 0 Å². The van der Waals surface area contributed by atoms with E-state index in [1.807, 2.05) is 0 Å². The molecule has 8 heteroatoms. The summed E-state index contributed by atoms with van der Waals surface area (Å²) in [5, 5.41) is 0. The van der Waals surface area contributed by atoms with Crippen LogP contribution in [0.3, 0.4) is 0 Å². The second-order valence-electron chi connectivity index (χ2n) is 0.434. The maximum absolute atomic E-state index is 9.26. The fourth-order valence-electron chi connectivity index (χ4n) is 0. The van der Waals surface area contributed by atoms with Crippen LogP contribution < -0.4 is 29.6 Å². The standard InChI is InChI=1S/Na.H2O4S2.H2S/c;1-5(2)6(3)4;/h;(H,1,2)(H,3,4);1H2/q+1;;/p-1. The fourth-order valence-corrected chi connectivity index (χ4v) is 0. The van der Waals surface area contributed by atoms with Gasteiger partial charge >= 0.3 is 29.6 Å². The van der Waals surface area contributed by atoms with E-state index >= 15 is 0 Å². The molecule has 0 radical (unpaired) electrons. The number of hydrogen-bond donors (Lipinski definition) is 2. The van der Waals surface area contributed by atoms with Gasteiger partial charge < -0.3 is 13.5 Å². The van der Waals surface area contributed by atoms with E-state index in [1.165, 1.54) is 0 Å². The summed E-state index contributed by atoms with van der Waals surface area (Å²) in [4.78, 5) is 0. The van der Waals surface area contributed by atoms with Crippen molar-refractivity contribution >= 4 is 33.7 Å². The zero-order valence-electron chi connectivity index (χ0n) is 3.97. The van der Waals surface area contributed by atoms with Crippen LogP contribution in [-0.4, -0.2) is 17.5 Å². The molecule has 2 unspecified atom stereocenters. The molecule has 8 heavy (non-hydrogen) atoms. The van der Waals surface area contributed by atoms with Crippen LogP contribution in [0.4, 0.5) is 0 Å². The molecule has 0 aliphatic rings. The molecule has 0 bridgehead atoms. The Morgan fingerprint density at radius 3 is 1.12 bits per heavy atom. The van der Waals surface area contributed by atoms with Crippen molar-refractivity contribution in [3.63, 3.8) is 0 Å². The van der Waals surface area contributed by atoms with Crippen molar-refractivity contribution < 1.29 is 47.1 Å². The van der Waals surface area contributed by atoms with Crippen LogP contribution in [-0.2, 0) is 33.7 Å². The smallest absolute Gasteiger partial charge is 0.813 e. The summed E-state index contributed by atoms with van der Waals surface area (Å²) in [7, 11) is -5.18. The molecule has 0 aromatic carbocycles. The quantitative estimate of drug-likeness (QED) is 0.144. The van der Waals surface area contributed by atoms with Crippen LogP contribution in [0, 0.1) is 0 Å². The van der Waals surface area contributed by atoms with Crippen molar-refractivity contribution in [3.8, 4) is 0 Å². The zero-order valence-corrected chi connectivity index (χ0v) is 8.50. The molecule has 46 valence electrons. The summed E-state index contributed by atoms with van der Waals surface area (Å²) >= 11 is 0. The monoisotopic (exact) mass is 186 g/mol. The minimum atomic E-state index is -2.59. The summed E-state index contributed by atoms with van der Waals surface area (Å²) in [5.41, 5.74) is 0. The van der Waals surface area contributed by atoms with Gasteiger partial charge in [-0.2, -0.15) is 0 Å². The van der Waals surface area contributed by atoms with E-state index in [0.717, 1.165) is 0 Å². The van der Waals surface area contributed by atoms with Crippen molar-refractivity contribution in [1.82, 2.24) is 0 Å². The third-order valence-electron chi connectivity index (χ3n) is 0.122. The van der Waals surface area contributed by atoms with Gasteiger partial charge in [-0.15, -0.1) is 0 Å². The molecule has 0 aromatic rings. The molecule has 4 nitrogen and oxygen atoms in total. The van der Waals surface area contributed by atoms with Gasteiger partial charge in [0.15, 0.2) is 0 Å². The Morgan fingerprint density at radius 2 is 1.12 bits per heavy atom. The van der Waals surface area contributed by atoms with Crippen molar-refractivity contribution in [2.24, 2.45) is 0 Å². The minimum Gasteiger partial charge on any atom is -0.813 e. The summed E-state index contributed by atoms with van der Waals surface area (Å²) in [6, 6.07) is 0. The summed E-state index contributed by atoms with van der Waals surface area (Å²) in [5.74, 6) is 0. The molecule has 0 aromatic heterocycles. The van der Waals surface area contributed by atoms with E-state index in [0.29, 0.717) is 0 Å². The minimum absolute atomic E-state index is 0. The van der Waals surface area contributed by atoms with Gasteiger partial charge in [0.25, 0.3) is 20.2 Å². The Kier molecular flexibility index (Phi) is 17.4. The fraction of sp³-hybridized carbons (Fsp3) is 0. The topological polar surface area (TPSA) is 74.6 Å². The summed E-state index contributed by atoms with van der Waals surface area (Å²) in [6.07, 6.45) is 0. The molecule has 0 rings (SSSR count). The number of hydrogen-bond acceptors (Lipinski definition) is 3. The first kappa shape index (κ1) is 16.3. The third kappa shape index (κ3) is 10.5. The van der Waals surface area contributed by atoms with Crippen LogP contribution >= 0.6 is 0 Å². The van der Waals surface area contributed by atoms with E-state index in [2.05, 4.69) is 0 Å². The maximum atomic E-state index is 9.26. The Balaban J connectivity index is -0.000000125. The van der Waals surface area contributed by atoms with E-state index in [9.17, 15) is 8.42 Å². The second-order valence-corrected chi connectivity index (χ2v) is 3.01. The molecular formula is H3NaO4S3. The first-order valence-corrected chi connectivity index (χ1v) is 3.60. The molecule has 0 aliphatic carbocycles. The molecular weight excluding hydrogens is 183 g/mol. The van der Waals surface area contributed by atoms with E-state index in [4.69, 9.17) is 9.11 Å². The van der Waals surface area contributed by atoms with Crippen LogP contribution in [0.2, 0.25) is 0 Å². The predicted octanol–water partition coefficient (Wildman–Crippen LogP) is -3.92. The van der Waals surface area contributed by atoms with Crippen LogP contribution in [0.15, 0.2) is 0 Å². The Hall–Kier alpha value is 1.57. The normalized spacial score (nSPS) is 14.8. The molecule has 2 atom stereocenters. The predicted molar refractivity (Wildman–Crippen MR) is 30.3 cm³/mol. The van der Waals surface area contributed by atoms with Crippen molar-refractivity contribution in [2.75, 3.05) is 0 Å². The van der Waals surface area contributed by atoms with E-state index in [1.54, 1.807) is 0 Å². The van der Waals surface area contributed by atoms with Crippen LogP contribution in [0.1, 0.15) is 0 Å².